The molecule has 5 nitrogen and oxygen atoms in total. The average Bonchev–Trinajstić information content (AvgIpc) is 2.71. The molecule has 96 valence electrons. The predicted octanol–water partition coefficient (Wildman–Crippen LogP) is 1.00. The summed E-state index contributed by atoms with van der Waals surface area (Å²) in [6.45, 7) is 0.0401. The second-order valence-electron chi connectivity index (χ2n) is 4.21. The monoisotopic (exact) mass is 269 g/mol. The lowest BCUT2D eigenvalue weighted by Crippen LogP contribution is -2.40. The number of rotatable bonds is 2. The fourth-order valence-electron chi connectivity index (χ4n) is 2.03. The number of aliphatic hydroxyl groups is 1. The van der Waals surface area contributed by atoms with Gasteiger partial charge in [-0.25, -0.2) is 4.79 Å². The first-order chi connectivity index (χ1) is 8.49. The average molecular weight is 270 g/mol. The largest absolute Gasteiger partial charge is 0.480 e. The van der Waals surface area contributed by atoms with Gasteiger partial charge in [-0.3, -0.25) is 4.79 Å². The molecule has 6 heteroatoms. The maximum atomic E-state index is 12.1. The summed E-state index contributed by atoms with van der Waals surface area (Å²) in [6, 6.07) is 5.24. The molecule has 1 aromatic carbocycles. The van der Waals surface area contributed by atoms with Crippen molar-refractivity contribution >= 4 is 23.5 Å². The van der Waals surface area contributed by atoms with E-state index in [-0.39, 0.29) is 13.0 Å². The number of likely N-dealkylation sites (tertiary alicyclic amines) is 1. The van der Waals surface area contributed by atoms with Gasteiger partial charge in [0.05, 0.1) is 6.10 Å². The molecule has 1 amide bonds. The minimum Gasteiger partial charge on any atom is -0.480 e. The fourth-order valence-corrected chi connectivity index (χ4v) is 2.16. The zero-order valence-electron chi connectivity index (χ0n) is 9.41. The molecule has 0 aromatic heterocycles. The van der Waals surface area contributed by atoms with Crippen LogP contribution in [0, 0.1) is 0 Å². The highest BCUT2D eigenvalue weighted by Gasteiger charge is 2.39. The van der Waals surface area contributed by atoms with E-state index in [0.717, 1.165) is 0 Å². The van der Waals surface area contributed by atoms with Crippen molar-refractivity contribution in [3.63, 3.8) is 0 Å². The third-order valence-electron chi connectivity index (χ3n) is 2.92. The summed E-state index contributed by atoms with van der Waals surface area (Å²) in [5.41, 5.74) is 0.361. The van der Waals surface area contributed by atoms with E-state index in [4.69, 9.17) is 16.7 Å². The highest BCUT2D eigenvalue weighted by atomic mass is 35.5. The van der Waals surface area contributed by atoms with Crippen LogP contribution in [0.25, 0.3) is 0 Å². The fraction of sp³-hybridized carbons (Fsp3) is 0.333. The molecule has 0 bridgehead atoms. The Morgan fingerprint density at radius 1 is 1.28 bits per heavy atom. The van der Waals surface area contributed by atoms with Gasteiger partial charge in [-0.1, -0.05) is 11.6 Å². The Morgan fingerprint density at radius 3 is 2.44 bits per heavy atom. The van der Waals surface area contributed by atoms with E-state index in [1.807, 2.05) is 0 Å². The third kappa shape index (κ3) is 2.47. The van der Waals surface area contributed by atoms with Gasteiger partial charge in [-0.15, -0.1) is 0 Å². The summed E-state index contributed by atoms with van der Waals surface area (Å²) in [5.74, 6) is -1.51. The van der Waals surface area contributed by atoms with Crippen molar-refractivity contribution < 1.29 is 19.8 Å². The molecule has 0 unspecified atom stereocenters. The van der Waals surface area contributed by atoms with Crippen molar-refractivity contribution in [2.24, 2.45) is 0 Å². The van der Waals surface area contributed by atoms with Gasteiger partial charge in [0, 0.05) is 23.6 Å². The van der Waals surface area contributed by atoms with E-state index < -0.39 is 24.0 Å². The highest BCUT2D eigenvalue weighted by Crippen LogP contribution is 2.21. The van der Waals surface area contributed by atoms with Crippen molar-refractivity contribution in [3.8, 4) is 0 Å². The molecule has 0 aliphatic carbocycles. The molecule has 0 spiro atoms. The maximum absolute atomic E-state index is 12.1. The van der Waals surface area contributed by atoms with Gasteiger partial charge in [0.15, 0.2) is 0 Å². The van der Waals surface area contributed by atoms with Crippen LogP contribution in [0.3, 0.4) is 0 Å². The van der Waals surface area contributed by atoms with Gasteiger partial charge in [-0.05, 0) is 24.3 Å². The quantitative estimate of drug-likeness (QED) is 0.840. The number of halogens is 1. The van der Waals surface area contributed by atoms with Crippen LogP contribution in [0.2, 0.25) is 5.02 Å². The Balaban J connectivity index is 2.22. The lowest BCUT2D eigenvalue weighted by Gasteiger charge is -2.21. The standard InChI is InChI=1S/C12H12ClNO4/c13-8-3-1-7(2-4-8)11(16)14-6-9(15)5-10(14)12(17)18/h1-4,9-10,15H,5-6H2,(H,17,18)/t9-,10-/m1/s1. The van der Waals surface area contributed by atoms with Gasteiger partial charge in [-0.2, -0.15) is 0 Å². The van der Waals surface area contributed by atoms with Crippen LogP contribution in [-0.2, 0) is 4.79 Å². The number of aliphatic carboxylic acids is 1. The van der Waals surface area contributed by atoms with Crippen molar-refractivity contribution in [1.82, 2.24) is 4.90 Å². The van der Waals surface area contributed by atoms with Crippen LogP contribution in [0.5, 0.6) is 0 Å². The van der Waals surface area contributed by atoms with Gasteiger partial charge in [0.1, 0.15) is 6.04 Å². The molecule has 1 heterocycles. The number of carboxylic acid groups (broad SMARTS) is 1. The van der Waals surface area contributed by atoms with Crippen LogP contribution in [0.4, 0.5) is 0 Å². The lowest BCUT2D eigenvalue weighted by molar-refractivity contribution is -0.141. The van der Waals surface area contributed by atoms with Gasteiger partial charge >= 0.3 is 5.97 Å². The number of nitrogens with zero attached hydrogens (tertiary/aromatic N) is 1. The molecular weight excluding hydrogens is 258 g/mol. The zero-order valence-corrected chi connectivity index (χ0v) is 10.2. The van der Waals surface area contributed by atoms with Crippen LogP contribution >= 0.6 is 11.6 Å². The first-order valence-corrected chi connectivity index (χ1v) is 5.84. The second-order valence-corrected chi connectivity index (χ2v) is 4.64. The molecule has 0 saturated carbocycles. The number of benzene rings is 1. The molecule has 2 atom stereocenters. The third-order valence-corrected chi connectivity index (χ3v) is 3.17. The van der Waals surface area contributed by atoms with E-state index >= 15 is 0 Å². The van der Waals surface area contributed by atoms with Crippen molar-refractivity contribution in [2.75, 3.05) is 6.54 Å². The lowest BCUT2D eigenvalue weighted by atomic mass is 10.1. The Kier molecular flexibility index (Phi) is 3.54. The predicted molar refractivity (Wildman–Crippen MR) is 64.5 cm³/mol. The van der Waals surface area contributed by atoms with Gasteiger partial charge < -0.3 is 15.1 Å². The molecule has 0 radical (unpaired) electrons. The first kappa shape index (κ1) is 12.9. The number of hydrogen-bond donors (Lipinski definition) is 2. The SMILES string of the molecule is O=C(O)[C@H]1C[C@@H](O)CN1C(=O)c1ccc(Cl)cc1. The molecule has 2 N–H and O–H groups in total. The van der Waals surface area contributed by atoms with E-state index in [9.17, 15) is 14.7 Å². The number of hydrogen-bond acceptors (Lipinski definition) is 3. The summed E-state index contributed by atoms with van der Waals surface area (Å²) in [5, 5.41) is 19.0. The summed E-state index contributed by atoms with van der Waals surface area (Å²) in [6.07, 6.45) is -0.725. The topological polar surface area (TPSA) is 77.8 Å². The molecule has 1 aromatic rings. The number of amides is 1. The number of carboxylic acids is 1. The van der Waals surface area contributed by atoms with E-state index in [1.54, 1.807) is 12.1 Å². The number of carbonyl (C=O) groups is 2. The number of β-amino-alcohol motifs (C(OH)–C–C–N with tert-alkyl or cyclic N) is 1. The van der Waals surface area contributed by atoms with Crippen LogP contribution < -0.4 is 0 Å². The van der Waals surface area contributed by atoms with E-state index in [1.165, 1.54) is 17.0 Å². The molecule has 1 aliphatic rings. The summed E-state index contributed by atoms with van der Waals surface area (Å²) >= 11 is 5.72. The molecule has 2 rings (SSSR count). The van der Waals surface area contributed by atoms with Gasteiger partial charge in [0.2, 0.25) is 0 Å². The minimum atomic E-state index is -1.10. The van der Waals surface area contributed by atoms with Crippen molar-refractivity contribution in [2.45, 2.75) is 18.6 Å². The normalized spacial score (nSPS) is 23.1. The number of aliphatic hydroxyl groups excluding tert-OH is 1. The Bertz CT molecular complexity index is 473. The van der Waals surface area contributed by atoms with Crippen LogP contribution in [0.15, 0.2) is 24.3 Å². The number of carbonyl (C=O) groups excluding carboxylic acids is 1. The Labute approximate surface area is 109 Å². The molecular formula is C12H12ClNO4. The maximum Gasteiger partial charge on any atom is 0.326 e. The summed E-state index contributed by atoms with van der Waals surface area (Å²) in [4.78, 5) is 24.3. The molecule has 18 heavy (non-hydrogen) atoms. The Morgan fingerprint density at radius 2 is 1.89 bits per heavy atom. The Hall–Kier alpha value is -1.59. The molecule has 1 saturated heterocycles. The summed E-state index contributed by atoms with van der Waals surface area (Å²) < 4.78 is 0. The zero-order chi connectivity index (χ0) is 13.3. The molecule has 1 fully saturated rings. The van der Waals surface area contributed by atoms with Gasteiger partial charge in [0.25, 0.3) is 5.91 Å². The van der Waals surface area contributed by atoms with E-state index in [0.29, 0.717) is 10.6 Å². The first-order valence-electron chi connectivity index (χ1n) is 5.46. The van der Waals surface area contributed by atoms with Crippen molar-refractivity contribution in [1.29, 1.82) is 0 Å². The smallest absolute Gasteiger partial charge is 0.326 e. The molecule has 1 aliphatic heterocycles. The van der Waals surface area contributed by atoms with Crippen molar-refractivity contribution in [3.05, 3.63) is 34.9 Å². The minimum absolute atomic E-state index is 0.0401. The van der Waals surface area contributed by atoms with Crippen LogP contribution in [-0.4, -0.2) is 45.7 Å². The summed E-state index contributed by atoms with van der Waals surface area (Å²) in [7, 11) is 0. The highest BCUT2D eigenvalue weighted by molar-refractivity contribution is 6.30. The van der Waals surface area contributed by atoms with Crippen LogP contribution in [0.1, 0.15) is 16.8 Å². The van der Waals surface area contributed by atoms with E-state index in [2.05, 4.69) is 0 Å². The second kappa shape index (κ2) is 4.96.